The molecule has 0 saturated carbocycles. The van der Waals surface area contributed by atoms with Gasteiger partial charge in [-0.2, -0.15) is 4.72 Å². The third-order valence-corrected chi connectivity index (χ3v) is 4.13. The molecule has 1 rings (SSSR count). The van der Waals surface area contributed by atoms with E-state index in [1.54, 1.807) is 6.08 Å². The van der Waals surface area contributed by atoms with Crippen LogP contribution in [0.5, 0.6) is 0 Å². The Kier molecular flexibility index (Phi) is 4.79. The highest BCUT2D eigenvalue weighted by Gasteiger charge is 2.28. The van der Waals surface area contributed by atoms with E-state index in [4.69, 9.17) is 5.11 Å². The van der Waals surface area contributed by atoms with E-state index in [0.717, 1.165) is 0 Å². The molecule has 0 saturated heterocycles. The zero-order valence-corrected chi connectivity index (χ0v) is 11.2. The van der Waals surface area contributed by atoms with Crippen LogP contribution in [-0.4, -0.2) is 31.8 Å². The van der Waals surface area contributed by atoms with E-state index in [1.165, 1.54) is 13.0 Å². The second-order valence-corrected chi connectivity index (χ2v) is 5.87. The minimum absolute atomic E-state index is 0.140. The summed E-state index contributed by atoms with van der Waals surface area (Å²) < 4.78 is 26.2. The van der Waals surface area contributed by atoms with E-state index >= 15 is 0 Å². The monoisotopic (exact) mass is 285 g/mol. The lowest BCUT2D eigenvalue weighted by molar-refractivity contribution is -0.137. The van der Waals surface area contributed by atoms with Crippen LogP contribution in [0.2, 0.25) is 0 Å². The number of aldehydes is 1. The number of aliphatic carboxylic acids is 1. The molecule has 0 fully saturated rings. The predicted octanol–water partition coefficient (Wildman–Crippen LogP) is 0.738. The van der Waals surface area contributed by atoms with Gasteiger partial charge in [0.05, 0.1) is 4.91 Å². The first-order chi connectivity index (χ1) is 8.79. The summed E-state index contributed by atoms with van der Waals surface area (Å²) >= 11 is 0. The van der Waals surface area contributed by atoms with Crippen LogP contribution in [0.1, 0.15) is 19.8 Å². The largest absolute Gasteiger partial charge is 0.480 e. The van der Waals surface area contributed by atoms with Crippen molar-refractivity contribution in [2.75, 3.05) is 0 Å². The summed E-state index contributed by atoms with van der Waals surface area (Å²) in [4.78, 5) is 21.6. The van der Waals surface area contributed by atoms with Gasteiger partial charge in [0.15, 0.2) is 0 Å². The predicted molar refractivity (Wildman–Crippen MR) is 69.8 cm³/mol. The van der Waals surface area contributed by atoms with Crippen molar-refractivity contribution in [3.63, 3.8) is 0 Å². The molecule has 0 aromatic heterocycles. The van der Waals surface area contributed by atoms with Gasteiger partial charge in [-0.1, -0.05) is 18.2 Å². The van der Waals surface area contributed by atoms with Gasteiger partial charge in [0.25, 0.3) is 0 Å². The van der Waals surface area contributed by atoms with Crippen LogP contribution in [0, 0.1) is 0 Å². The molecule has 6 nitrogen and oxygen atoms in total. The maximum Gasteiger partial charge on any atom is 0.325 e. The molecular formula is C12H15NO5S. The topological polar surface area (TPSA) is 101 Å². The average molecular weight is 285 g/mol. The molecule has 19 heavy (non-hydrogen) atoms. The normalized spacial score (nSPS) is 17.1. The Morgan fingerprint density at radius 1 is 1.58 bits per heavy atom. The van der Waals surface area contributed by atoms with Crippen molar-refractivity contribution in [3.05, 3.63) is 34.8 Å². The highest BCUT2D eigenvalue weighted by molar-refractivity contribution is 7.93. The van der Waals surface area contributed by atoms with Gasteiger partial charge in [-0.05, 0) is 25.8 Å². The fourth-order valence-corrected chi connectivity index (χ4v) is 3.13. The van der Waals surface area contributed by atoms with Crippen molar-refractivity contribution in [2.45, 2.75) is 25.8 Å². The molecule has 1 aliphatic carbocycles. The van der Waals surface area contributed by atoms with Crippen LogP contribution in [-0.2, 0) is 19.6 Å². The number of sulfonamides is 1. The van der Waals surface area contributed by atoms with Crippen molar-refractivity contribution < 1.29 is 23.1 Å². The van der Waals surface area contributed by atoms with Crippen LogP contribution >= 0.6 is 0 Å². The molecule has 1 unspecified atom stereocenters. The second kappa shape index (κ2) is 5.94. The van der Waals surface area contributed by atoms with Crippen LogP contribution in [0.25, 0.3) is 0 Å². The van der Waals surface area contributed by atoms with Crippen LogP contribution in [0.15, 0.2) is 34.8 Å². The first-order valence-electron chi connectivity index (χ1n) is 5.55. The van der Waals surface area contributed by atoms with Gasteiger partial charge in [0.1, 0.15) is 12.3 Å². The summed E-state index contributed by atoms with van der Waals surface area (Å²) in [5.41, 5.74) is 0.296. The van der Waals surface area contributed by atoms with Gasteiger partial charge < -0.3 is 5.11 Å². The highest BCUT2D eigenvalue weighted by Crippen LogP contribution is 2.22. The molecule has 0 radical (unpaired) electrons. The van der Waals surface area contributed by atoms with Gasteiger partial charge in [-0.15, -0.1) is 0 Å². The number of nitrogens with one attached hydrogen (secondary N) is 1. The van der Waals surface area contributed by atoms with Crippen molar-refractivity contribution in [2.24, 2.45) is 0 Å². The molecule has 2 N–H and O–H groups in total. The summed E-state index contributed by atoms with van der Waals surface area (Å²) in [5.74, 6) is -1.34. The van der Waals surface area contributed by atoms with Crippen LogP contribution in [0.3, 0.4) is 0 Å². The number of carboxylic acid groups (broad SMARTS) is 1. The van der Waals surface area contributed by atoms with Gasteiger partial charge in [0.2, 0.25) is 10.0 Å². The summed E-state index contributed by atoms with van der Waals surface area (Å²) in [6, 6.07) is -1.42. The molecule has 1 aliphatic rings. The SMILES string of the molecule is C=C(C)C(NS(=O)(=O)C1=C(C=O)CCC=C1)C(=O)O. The summed E-state index contributed by atoms with van der Waals surface area (Å²) in [7, 11) is -4.06. The molecular weight excluding hydrogens is 270 g/mol. The Hall–Kier alpha value is -1.73. The Morgan fingerprint density at radius 3 is 2.68 bits per heavy atom. The minimum atomic E-state index is -4.06. The fraction of sp³-hybridized carbons (Fsp3) is 0.333. The summed E-state index contributed by atoms with van der Waals surface area (Å²) in [5, 5.41) is 8.94. The third-order valence-electron chi connectivity index (χ3n) is 2.61. The number of allylic oxidation sites excluding steroid dienone is 3. The lowest BCUT2D eigenvalue weighted by Gasteiger charge is -2.17. The van der Waals surface area contributed by atoms with E-state index in [9.17, 15) is 18.0 Å². The fourth-order valence-electron chi connectivity index (χ4n) is 1.62. The molecule has 0 aromatic carbocycles. The number of rotatable bonds is 6. The molecule has 0 aromatic rings. The van der Waals surface area contributed by atoms with Crippen molar-refractivity contribution in [1.82, 2.24) is 4.72 Å². The number of carboxylic acids is 1. The Bertz CT molecular complexity index is 557. The van der Waals surface area contributed by atoms with Gasteiger partial charge in [-0.3, -0.25) is 9.59 Å². The third kappa shape index (κ3) is 3.62. The summed E-state index contributed by atoms with van der Waals surface area (Å²) in [6.07, 6.45) is 4.32. The second-order valence-electron chi connectivity index (χ2n) is 4.19. The van der Waals surface area contributed by atoms with E-state index in [2.05, 4.69) is 6.58 Å². The lowest BCUT2D eigenvalue weighted by Crippen LogP contribution is -2.42. The van der Waals surface area contributed by atoms with Crippen molar-refractivity contribution in [1.29, 1.82) is 0 Å². The lowest BCUT2D eigenvalue weighted by atomic mass is 10.1. The highest BCUT2D eigenvalue weighted by atomic mass is 32.2. The minimum Gasteiger partial charge on any atom is -0.480 e. The molecule has 0 heterocycles. The standard InChI is InChI=1S/C12H15NO5S/c1-8(2)11(12(15)16)13-19(17,18)10-6-4-3-5-9(10)7-14/h4,6-7,11,13H,1,3,5H2,2H3,(H,15,16). The molecule has 0 aliphatic heterocycles. The Morgan fingerprint density at radius 2 is 2.21 bits per heavy atom. The van der Waals surface area contributed by atoms with Crippen LogP contribution < -0.4 is 4.72 Å². The molecule has 0 bridgehead atoms. The zero-order valence-electron chi connectivity index (χ0n) is 10.4. The van der Waals surface area contributed by atoms with E-state index in [-0.39, 0.29) is 16.1 Å². The zero-order chi connectivity index (χ0) is 14.6. The molecule has 0 spiro atoms. The van der Waals surface area contributed by atoms with E-state index < -0.39 is 22.0 Å². The number of hydrogen-bond donors (Lipinski definition) is 2. The maximum atomic E-state index is 12.1. The number of hydrogen-bond acceptors (Lipinski definition) is 4. The number of carbonyl (C=O) groups excluding carboxylic acids is 1. The van der Waals surface area contributed by atoms with E-state index in [1.807, 2.05) is 4.72 Å². The molecule has 1 atom stereocenters. The first-order valence-corrected chi connectivity index (χ1v) is 7.03. The average Bonchev–Trinajstić information content (AvgIpc) is 2.35. The molecule has 104 valence electrons. The number of carbonyl (C=O) groups is 2. The molecule has 7 heteroatoms. The van der Waals surface area contributed by atoms with E-state index in [0.29, 0.717) is 19.1 Å². The van der Waals surface area contributed by atoms with Crippen molar-refractivity contribution in [3.8, 4) is 0 Å². The molecule has 0 amide bonds. The quantitative estimate of drug-likeness (QED) is 0.553. The maximum absolute atomic E-state index is 12.1. The van der Waals surface area contributed by atoms with Crippen LogP contribution in [0.4, 0.5) is 0 Å². The van der Waals surface area contributed by atoms with Gasteiger partial charge in [0, 0.05) is 5.57 Å². The van der Waals surface area contributed by atoms with Crippen molar-refractivity contribution >= 4 is 22.3 Å². The Labute approximate surface area is 111 Å². The Balaban J connectivity index is 3.14. The van der Waals surface area contributed by atoms with Gasteiger partial charge in [-0.25, -0.2) is 8.42 Å². The smallest absolute Gasteiger partial charge is 0.325 e. The first kappa shape index (κ1) is 15.3. The summed E-state index contributed by atoms with van der Waals surface area (Å²) in [6.45, 7) is 4.84. The van der Waals surface area contributed by atoms with Gasteiger partial charge >= 0.3 is 5.97 Å².